The lowest BCUT2D eigenvalue weighted by atomic mass is 10.1. The molecule has 1 radical (unpaired) electrons. The Morgan fingerprint density at radius 3 is 2.50 bits per heavy atom. The summed E-state index contributed by atoms with van der Waals surface area (Å²) >= 11 is 0. The summed E-state index contributed by atoms with van der Waals surface area (Å²) in [5.74, 6) is 0.846. The average Bonchev–Trinajstić information content (AvgIpc) is 2.06. The van der Waals surface area contributed by atoms with Gasteiger partial charge in [0.1, 0.15) is 11.4 Å². The minimum absolute atomic E-state index is 0.304. The van der Waals surface area contributed by atoms with E-state index in [1.165, 1.54) is 0 Å². The summed E-state index contributed by atoms with van der Waals surface area (Å²) in [6.07, 6.45) is 1.78. The minimum atomic E-state index is -0.304. The summed E-state index contributed by atoms with van der Waals surface area (Å²) in [6.45, 7) is 7.63. The van der Waals surface area contributed by atoms with Crippen LogP contribution < -0.4 is 4.74 Å². The van der Waals surface area contributed by atoms with Gasteiger partial charge in [0.05, 0.1) is 0 Å². The highest BCUT2D eigenvalue weighted by molar-refractivity contribution is 5.22. The molecule has 1 rings (SSSR count). The van der Waals surface area contributed by atoms with Gasteiger partial charge in [0.25, 0.3) is 0 Å². The molecule has 0 heterocycles. The van der Waals surface area contributed by atoms with Crippen molar-refractivity contribution in [2.45, 2.75) is 19.4 Å². The molecule has 1 aromatic rings. The van der Waals surface area contributed by atoms with Crippen molar-refractivity contribution in [3.05, 3.63) is 43.0 Å². The summed E-state index contributed by atoms with van der Waals surface area (Å²) in [4.78, 5) is 0. The molecule has 63 valence electrons. The smallest absolute Gasteiger partial charge is 0.121 e. The van der Waals surface area contributed by atoms with Crippen LogP contribution in [0, 0.1) is 6.07 Å². The highest BCUT2D eigenvalue weighted by Crippen LogP contribution is 2.17. The van der Waals surface area contributed by atoms with Crippen molar-refractivity contribution >= 4 is 0 Å². The van der Waals surface area contributed by atoms with E-state index in [-0.39, 0.29) is 5.60 Å². The zero-order chi connectivity index (χ0) is 9.03. The maximum Gasteiger partial charge on any atom is 0.121 e. The Morgan fingerprint density at radius 2 is 2.00 bits per heavy atom. The van der Waals surface area contributed by atoms with Gasteiger partial charge in [-0.15, -0.1) is 0 Å². The van der Waals surface area contributed by atoms with E-state index in [0.29, 0.717) is 0 Å². The number of ether oxygens (including phenoxy) is 1. The van der Waals surface area contributed by atoms with Gasteiger partial charge in [0.15, 0.2) is 0 Å². The second kappa shape index (κ2) is 3.44. The largest absolute Gasteiger partial charge is 0.484 e. The first-order chi connectivity index (χ1) is 5.64. The Balaban J connectivity index is 2.70. The summed E-state index contributed by atoms with van der Waals surface area (Å²) in [5, 5.41) is 0. The quantitative estimate of drug-likeness (QED) is 0.619. The Bertz CT molecular complexity index is 249. The number of benzene rings is 1. The highest BCUT2D eigenvalue weighted by atomic mass is 16.5. The molecule has 0 spiro atoms. The van der Waals surface area contributed by atoms with Crippen molar-refractivity contribution in [2.24, 2.45) is 0 Å². The molecular weight excluding hydrogens is 148 g/mol. The van der Waals surface area contributed by atoms with Crippen molar-refractivity contribution in [2.75, 3.05) is 0 Å². The molecule has 0 aliphatic rings. The van der Waals surface area contributed by atoms with E-state index in [0.717, 1.165) is 5.75 Å². The lowest BCUT2D eigenvalue weighted by molar-refractivity contribution is 0.162. The van der Waals surface area contributed by atoms with Crippen LogP contribution in [0.1, 0.15) is 13.8 Å². The van der Waals surface area contributed by atoms with Gasteiger partial charge in [0.2, 0.25) is 0 Å². The van der Waals surface area contributed by atoms with Crippen LogP contribution >= 0.6 is 0 Å². The Labute approximate surface area is 73.7 Å². The molecule has 0 unspecified atom stereocenters. The van der Waals surface area contributed by atoms with Gasteiger partial charge in [-0.3, -0.25) is 0 Å². The Hall–Kier alpha value is -1.24. The third-order valence-corrected chi connectivity index (χ3v) is 1.56. The van der Waals surface area contributed by atoms with Gasteiger partial charge in [-0.25, -0.2) is 0 Å². The number of hydrogen-bond acceptors (Lipinski definition) is 1. The second-order valence-electron chi connectivity index (χ2n) is 3.15. The van der Waals surface area contributed by atoms with Gasteiger partial charge in [-0.1, -0.05) is 18.7 Å². The minimum Gasteiger partial charge on any atom is -0.484 e. The fourth-order valence-electron chi connectivity index (χ4n) is 0.785. The Kier molecular flexibility index (Phi) is 2.54. The maximum absolute atomic E-state index is 5.61. The van der Waals surface area contributed by atoms with Crippen LogP contribution in [0.3, 0.4) is 0 Å². The van der Waals surface area contributed by atoms with Crippen LogP contribution in [0.2, 0.25) is 0 Å². The van der Waals surface area contributed by atoms with E-state index in [1.54, 1.807) is 6.08 Å². The molecule has 0 N–H and O–H groups in total. The zero-order valence-corrected chi connectivity index (χ0v) is 7.50. The van der Waals surface area contributed by atoms with Crippen LogP contribution in [-0.4, -0.2) is 5.60 Å². The van der Waals surface area contributed by atoms with E-state index >= 15 is 0 Å². The lowest BCUT2D eigenvalue weighted by Gasteiger charge is -2.21. The van der Waals surface area contributed by atoms with Crippen molar-refractivity contribution in [3.63, 3.8) is 0 Å². The highest BCUT2D eigenvalue weighted by Gasteiger charge is 2.13. The molecule has 0 aliphatic carbocycles. The van der Waals surface area contributed by atoms with Crippen molar-refractivity contribution in [3.8, 4) is 5.75 Å². The van der Waals surface area contributed by atoms with E-state index in [9.17, 15) is 0 Å². The lowest BCUT2D eigenvalue weighted by Crippen LogP contribution is -2.24. The van der Waals surface area contributed by atoms with Gasteiger partial charge in [-0.05, 0) is 38.1 Å². The zero-order valence-electron chi connectivity index (χ0n) is 7.50. The third kappa shape index (κ3) is 2.42. The van der Waals surface area contributed by atoms with Gasteiger partial charge < -0.3 is 4.74 Å². The predicted molar refractivity (Wildman–Crippen MR) is 50.2 cm³/mol. The molecule has 12 heavy (non-hydrogen) atoms. The van der Waals surface area contributed by atoms with Gasteiger partial charge in [0, 0.05) is 0 Å². The first-order valence-electron chi connectivity index (χ1n) is 3.93. The fraction of sp³-hybridized carbons (Fsp3) is 0.273. The summed E-state index contributed by atoms with van der Waals surface area (Å²) in [6, 6.07) is 10.3. The molecule has 0 fully saturated rings. The van der Waals surface area contributed by atoms with Crippen molar-refractivity contribution in [1.82, 2.24) is 0 Å². The van der Waals surface area contributed by atoms with Crippen LogP contribution in [-0.2, 0) is 0 Å². The number of hydrogen-bond donors (Lipinski definition) is 0. The first kappa shape index (κ1) is 8.85. The molecule has 1 heteroatoms. The molecule has 0 saturated heterocycles. The molecule has 0 amide bonds. The molecule has 0 atom stereocenters. The molecule has 0 aliphatic heterocycles. The number of rotatable bonds is 3. The topological polar surface area (TPSA) is 9.23 Å². The van der Waals surface area contributed by atoms with Crippen LogP contribution in [0.4, 0.5) is 0 Å². The normalized spacial score (nSPS) is 10.8. The predicted octanol–water partition coefficient (Wildman–Crippen LogP) is 2.83. The second-order valence-corrected chi connectivity index (χ2v) is 3.15. The average molecular weight is 161 g/mol. The standard InChI is InChI=1S/C11H13O/c1-4-11(2,3)12-10-8-6-5-7-9-10/h4,6-9H,1H2,2-3H3. The summed E-state index contributed by atoms with van der Waals surface area (Å²) in [7, 11) is 0. The van der Waals surface area contributed by atoms with E-state index in [2.05, 4.69) is 12.6 Å². The molecule has 0 saturated carbocycles. The third-order valence-electron chi connectivity index (χ3n) is 1.56. The van der Waals surface area contributed by atoms with E-state index < -0.39 is 0 Å². The summed E-state index contributed by atoms with van der Waals surface area (Å²) in [5.41, 5.74) is -0.304. The Morgan fingerprint density at radius 1 is 1.42 bits per heavy atom. The van der Waals surface area contributed by atoms with Gasteiger partial charge in [-0.2, -0.15) is 0 Å². The monoisotopic (exact) mass is 161 g/mol. The molecule has 1 aromatic carbocycles. The van der Waals surface area contributed by atoms with Crippen LogP contribution in [0.25, 0.3) is 0 Å². The van der Waals surface area contributed by atoms with Crippen LogP contribution in [0.15, 0.2) is 36.9 Å². The van der Waals surface area contributed by atoms with Gasteiger partial charge >= 0.3 is 0 Å². The SMILES string of the molecule is C=CC(C)(C)Oc1cc[c]cc1. The fourth-order valence-corrected chi connectivity index (χ4v) is 0.785. The molecular formula is C11H13O. The molecule has 0 bridgehead atoms. The molecule has 1 nitrogen and oxygen atoms in total. The molecule has 0 aromatic heterocycles. The maximum atomic E-state index is 5.61. The van der Waals surface area contributed by atoms with E-state index in [4.69, 9.17) is 4.74 Å². The van der Waals surface area contributed by atoms with E-state index in [1.807, 2.05) is 38.1 Å². The van der Waals surface area contributed by atoms with Crippen molar-refractivity contribution in [1.29, 1.82) is 0 Å². The van der Waals surface area contributed by atoms with Crippen LogP contribution in [0.5, 0.6) is 5.75 Å². The summed E-state index contributed by atoms with van der Waals surface area (Å²) < 4.78 is 5.61. The van der Waals surface area contributed by atoms with Crippen molar-refractivity contribution < 1.29 is 4.74 Å². The first-order valence-corrected chi connectivity index (χ1v) is 3.93.